The predicted molar refractivity (Wildman–Crippen MR) is 274 cm³/mol. The fourth-order valence-corrected chi connectivity index (χ4v) is 12.1. The normalized spacial score (nSPS) is 20.1. The third kappa shape index (κ3) is 5.66. The van der Waals surface area contributed by atoms with Crippen molar-refractivity contribution in [3.8, 4) is 5.69 Å². The van der Waals surface area contributed by atoms with E-state index in [2.05, 4.69) is 220 Å². The minimum atomic E-state index is -0.276. The van der Waals surface area contributed by atoms with Crippen molar-refractivity contribution in [2.75, 3.05) is 4.90 Å². The van der Waals surface area contributed by atoms with E-state index in [0.29, 0.717) is 0 Å². The van der Waals surface area contributed by atoms with Crippen LogP contribution in [0.4, 0.5) is 11.4 Å². The molecular weight excluding hydrogens is 803 g/mol. The summed E-state index contributed by atoms with van der Waals surface area (Å²) in [6.45, 7) is 0. The summed E-state index contributed by atoms with van der Waals surface area (Å²) in [5.41, 5.74) is 17.9. The molecule has 0 spiro atoms. The van der Waals surface area contributed by atoms with Gasteiger partial charge in [-0.1, -0.05) is 182 Å². The summed E-state index contributed by atoms with van der Waals surface area (Å²) in [5, 5.41) is 14.3. The van der Waals surface area contributed by atoms with Gasteiger partial charge in [0.1, 0.15) is 18.2 Å². The fraction of sp³-hybridized carbons (Fsp3) is 0.131. The van der Waals surface area contributed by atoms with Gasteiger partial charge >= 0.3 is 0 Å². The molecule has 0 radical (unpaired) electrons. The molecule has 0 saturated heterocycles. The van der Waals surface area contributed by atoms with Crippen molar-refractivity contribution >= 4 is 67.9 Å². The summed E-state index contributed by atoms with van der Waals surface area (Å²) in [6.07, 6.45) is 17.7. The zero-order valence-electron chi connectivity index (χ0n) is 36.5. The Morgan fingerprint density at radius 1 is 0.561 bits per heavy atom. The average Bonchev–Trinajstić information content (AvgIpc) is 3.90. The number of benzene rings is 8. The molecule has 0 saturated carbocycles. The molecule has 9 aromatic rings. The van der Waals surface area contributed by atoms with E-state index in [9.17, 15) is 0 Å². The lowest BCUT2D eigenvalue weighted by molar-refractivity contribution is 0.408. The summed E-state index contributed by atoms with van der Waals surface area (Å²) < 4.78 is 2.61. The Kier molecular flexibility index (Phi) is 8.50. The lowest BCUT2D eigenvalue weighted by Gasteiger charge is -2.34. The number of aromatic nitrogens is 1. The smallest absolute Gasteiger partial charge is 0.132 e. The third-order valence-electron chi connectivity index (χ3n) is 14.9. The van der Waals surface area contributed by atoms with Gasteiger partial charge in [-0.05, 0) is 93.4 Å². The van der Waals surface area contributed by atoms with Crippen LogP contribution >= 0.6 is 0 Å². The molecular formula is C61H47N5. The zero-order chi connectivity index (χ0) is 43.3. The van der Waals surface area contributed by atoms with Gasteiger partial charge < -0.3 is 14.8 Å². The zero-order valence-corrected chi connectivity index (χ0v) is 36.5. The lowest BCUT2D eigenvalue weighted by atomic mass is 9.81. The van der Waals surface area contributed by atoms with Gasteiger partial charge in [-0.15, -0.1) is 0 Å². The van der Waals surface area contributed by atoms with Crippen molar-refractivity contribution in [3.63, 3.8) is 0 Å². The summed E-state index contributed by atoms with van der Waals surface area (Å²) in [4.78, 5) is 8.25. The Bertz CT molecular complexity index is 3600. The number of anilines is 2. The van der Waals surface area contributed by atoms with Crippen LogP contribution in [-0.4, -0.2) is 16.4 Å². The predicted octanol–water partition coefficient (Wildman–Crippen LogP) is 13.9. The number of hydrogen-bond acceptors (Lipinski definition) is 4. The molecule has 4 atom stereocenters. The highest BCUT2D eigenvalue weighted by atomic mass is 15.3. The van der Waals surface area contributed by atoms with Crippen molar-refractivity contribution in [2.24, 2.45) is 4.99 Å². The van der Waals surface area contributed by atoms with E-state index >= 15 is 0 Å². The van der Waals surface area contributed by atoms with E-state index in [1.165, 1.54) is 99.7 Å². The van der Waals surface area contributed by atoms with Crippen molar-refractivity contribution in [2.45, 2.75) is 50.0 Å². The Labute approximate surface area is 384 Å². The minimum Gasteiger partial charge on any atom is -0.350 e. The standard InChI is InChI=1S/C61H47N5/c1-5-23-42-38(17-1)21-15-30-46(42)59-62-60(47-31-16-22-39-18-2-6-24-43(39)47)64-61(63-59)50-29-11-14-34-53(50)65-51-32-12-10-28-49(51)57-55(65)37-41-20-4-8-26-45(41)58(57)66-52-33-13-9-27-48(52)56-44-25-7-3-19-40(44)35-36-54(56)66/h1,3-11,13-17,19-31,33-37,54,56,60-61,64H,2,12,18,32H2,(H,62,63). The Hall–Kier alpha value is -7.73. The molecule has 5 heteroatoms. The van der Waals surface area contributed by atoms with Crippen LogP contribution in [-0.2, 0) is 12.8 Å². The third-order valence-corrected chi connectivity index (χ3v) is 14.9. The van der Waals surface area contributed by atoms with Crippen LogP contribution in [0, 0.1) is 0 Å². The SMILES string of the molecule is C1=Cc2c(cccc2C2N=C(c3cccc4ccccc34)NC(c3ccccc3-n3c4c(c5c(N6c7ccccc7C7c8ccccc8C=CC76)c6ccccc6cc53)C=CCC4)N2)CC1. The van der Waals surface area contributed by atoms with Gasteiger partial charge in [0, 0.05) is 44.8 Å². The van der Waals surface area contributed by atoms with Gasteiger partial charge in [-0.2, -0.15) is 0 Å². The molecule has 0 fully saturated rings. The van der Waals surface area contributed by atoms with Gasteiger partial charge in [0.25, 0.3) is 0 Å². The van der Waals surface area contributed by atoms with Crippen molar-refractivity contribution in [1.29, 1.82) is 0 Å². The highest BCUT2D eigenvalue weighted by Gasteiger charge is 2.43. The number of fused-ring (bicyclic) bond motifs is 11. The van der Waals surface area contributed by atoms with Crippen molar-refractivity contribution < 1.29 is 0 Å². The second kappa shape index (κ2) is 14.9. The van der Waals surface area contributed by atoms with Crippen LogP contribution in [0.5, 0.6) is 0 Å². The fourth-order valence-electron chi connectivity index (χ4n) is 12.1. The van der Waals surface area contributed by atoms with Crippen LogP contribution in [0.15, 0.2) is 187 Å². The van der Waals surface area contributed by atoms with Gasteiger partial charge in [0.2, 0.25) is 0 Å². The highest BCUT2D eigenvalue weighted by molar-refractivity contribution is 6.17. The first-order chi connectivity index (χ1) is 32.8. The van der Waals surface area contributed by atoms with Gasteiger partial charge in [0.05, 0.1) is 22.9 Å². The first-order valence-corrected chi connectivity index (χ1v) is 23.6. The molecule has 14 rings (SSSR count). The van der Waals surface area contributed by atoms with Crippen molar-refractivity contribution in [1.82, 2.24) is 15.2 Å². The molecule has 316 valence electrons. The van der Waals surface area contributed by atoms with Gasteiger partial charge in [0.15, 0.2) is 0 Å². The van der Waals surface area contributed by atoms with E-state index in [-0.39, 0.29) is 24.3 Å². The number of amidine groups is 1. The van der Waals surface area contributed by atoms with E-state index in [0.717, 1.165) is 37.1 Å². The molecule has 0 amide bonds. The Morgan fingerprint density at radius 2 is 1.26 bits per heavy atom. The summed E-state index contributed by atoms with van der Waals surface area (Å²) in [5.74, 6) is 1.12. The maximum absolute atomic E-state index is 5.56. The van der Waals surface area contributed by atoms with E-state index in [1.54, 1.807) is 0 Å². The number of hydrogen-bond donors (Lipinski definition) is 2. The number of rotatable bonds is 5. The quantitative estimate of drug-likeness (QED) is 0.181. The first-order valence-electron chi connectivity index (χ1n) is 23.6. The maximum Gasteiger partial charge on any atom is 0.132 e. The number of para-hydroxylation sites is 2. The van der Waals surface area contributed by atoms with Gasteiger partial charge in [-0.25, -0.2) is 4.99 Å². The van der Waals surface area contributed by atoms with Gasteiger partial charge in [-0.3, -0.25) is 5.32 Å². The largest absolute Gasteiger partial charge is 0.350 e. The van der Waals surface area contributed by atoms with Crippen LogP contribution in [0.1, 0.15) is 86.9 Å². The average molecular weight is 850 g/mol. The molecule has 0 bridgehead atoms. The topological polar surface area (TPSA) is 44.6 Å². The van der Waals surface area contributed by atoms with E-state index in [4.69, 9.17) is 4.99 Å². The monoisotopic (exact) mass is 849 g/mol. The number of nitrogens with one attached hydrogen (secondary N) is 2. The maximum atomic E-state index is 5.56. The minimum absolute atomic E-state index is 0.128. The van der Waals surface area contributed by atoms with E-state index < -0.39 is 0 Å². The number of allylic oxidation sites excluding steroid dienone is 2. The van der Waals surface area contributed by atoms with Crippen LogP contribution in [0.25, 0.3) is 56.4 Å². The van der Waals surface area contributed by atoms with Crippen molar-refractivity contribution in [3.05, 3.63) is 238 Å². The second-order valence-corrected chi connectivity index (χ2v) is 18.4. The molecule has 5 aliphatic rings. The summed E-state index contributed by atoms with van der Waals surface area (Å²) >= 11 is 0. The van der Waals surface area contributed by atoms with Crippen LogP contribution in [0.3, 0.4) is 0 Å². The number of aliphatic imine (C=N–C) groups is 1. The first kappa shape index (κ1) is 37.6. The molecule has 2 N–H and O–H groups in total. The van der Waals surface area contributed by atoms with Crippen LogP contribution in [0.2, 0.25) is 0 Å². The van der Waals surface area contributed by atoms with Crippen LogP contribution < -0.4 is 15.5 Å². The molecule has 4 unspecified atom stereocenters. The number of nitrogens with zero attached hydrogens (tertiary/aromatic N) is 3. The molecule has 5 nitrogen and oxygen atoms in total. The summed E-state index contributed by atoms with van der Waals surface area (Å²) in [7, 11) is 0. The molecule has 3 aliphatic carbocycles. The molecule has 3 heterocycles. The second-order valence-electron chi connectivity index (χ2n) is 18.4. The van der Waals surface area contributed by atoms with E-state index in [1.807, 2.05) is 0 Å². The molecule has 66 heavy (non-hydrogen) atoms. The molecule has 8 aromatic carbocycles. The summed E-state index contributed by atoms with van der Waals surface area (Å²) in [6, 6.07) is 60.8. The highest BCUT2D eigenvalue weighted by Crippen LogP contribution is 2.55. The Balaban J connectivity index is 0.988. The molecule has 1 aromatic heterocycles. The number of aryl methyl sites for hydroxylation is 1. The molecule has 2 aliphatic heterocycles. The Morgan fingerprint density at radius 3 is 2.17 bits per heavy atom. The lowest BCUT2D eigenvalue weighted by Crippen LogP contribution is -2.45.